The van der Waals surface area contributed by atoms with Crippen LogP contribution in [0.15, 0.2) is 16.8 Å². The Hall–Kier alpha value is -1.60. The Labute approximate surface area is 93.9 Å². The highest BCUT2D eigenvalue weighted by molar-refractivity contribution is 5.94. The van der Waals surface area contributed by atoms with E-state index in [1.807, 2.05) is 0 Å². The van der Waals surface area contributed by atoms with Crippen molar-refractivity contribution in [2.75, 3.05) is 6.54 Å². The van der Waals surface area contributed by atoms with Crippen molar-refractivity contribution in [2.24, 2.45) is 10.8 Å². The number of hydrogen-bond donors (Lipinski definition) is 4. The molecule has 0 aromatic carbocycles. The average molecular weight is 227 g/mol. The summed E-state index contributed by atoms with van der Waals surface area (Å²) in [6.45, 7) is 2.78. The molecule has 0 spiro atoms. The van der Waals surface area contributed by atoms with Crippen LogP contribution >= 0.6 is 0 Å². The maximum absolute atomic E-state index is 10.5. The number of aliphatic carboxylic acids is 1. The minimum absolute atomic E-state index is 0.109. The summed E-state index contributed by atoms with van der Waals surface area (Å²) in [5.41, 5.74) is 5.93. The van der Waals surface area contributed by atoms with Crippen LogP contribution in [0.1, 0.15) is 26.2 Å². The molecule has 90 valence electrons. The van der Waals surface area contributed by atoms with Crippen LogP contribution in [0.25, 0.3) is 0 Å². The van der Waals surface area contributed by atoms with Gasteiger partial charge in [0.15, 0.2) is 0 Å². The number of carboxylic acid groups (broad SMARTS) is 1. The number of hydrogen-bond acceptors (Lipinski definition) is 5. The van der Waals surface area contributed by atoms with Crippen molar-refractivity contribution in [3.63, 3.8) is 0 Å². The summed E-state index contributed by atoms with van der Waals surface area (Å²) in [5, 5.41) is 9.75. The maximum Gasteiger partial charge on any atom is 0.309 e. The predicted molar refractivity (Wildman–Crippen MR) is 59.8 cm³/mol. The first-order chi connectivity index (χ1) is 7.61. The van der Waals surface area contributed by atoms with E-state index in [-0.39, 0.29) is 6.42 Å². The summed E-state index contributed by atoms with van der Waals surface area (Å²) in [7, 11) is 0. The SMILES string of the molecule is CCCCN=C1C=C(CC(=O)O)NN(N)N1. The largest absolute Gasteiger partial charge is 0.481 e. The van der Waals surface area contributed by atoms with E-state index in [1.165, 1.54) is 0 Å². The van der Waals surface area contributed by atoms with Crippen molar-refractivity contribution >= 4 is 11.8 Å². The zero-order chi connectivity index (χ0) is 12.0. The van der Waals surface area contributed by atoms with Crippen molar-refractivity contribution in [3.8, 4) is 0 Å². The van der Waals surface area contributed by atoms with E-state index in [0.717, 1.165) is 18.1 Å². The number of unbranched alkanes of at least 4 members (excludes halogenated alkanes) is 1. The minimum Gasteiger partial charge on any atom is -0.481 e. The molecule has 0 aromatic heterocycles. The lowest BCUT2D eigenvalue weighted by atomic mass is 10.3. The van der Waals surface area contributed by atoms with Gasteiger partial charge in [0, 0.05) is 18.3 Å². The second-order valence-corrected chi connectivity index (χ2v) is 3.45. The number of amidine groups is 1. The van der Waals surface area contributed by atoms with Gasteiger partial charge in [0.25, 0.3) is 0 Å². The monoisotopic (exact) mass is 227 g/mol. The standard InChI is InChI=1S/C9H17N5O2/c1-2-3-4-11-8-5-7(6-9(15)16)12-14(10)13-8/h5,12H,2-4,6,10H2,1H3,(H,11,13)(H,15,16). The van der Waals surface area contributed by atoms with E-state index in [1.54, 1.807) is 6.08 Å². The highest BCUT2D eigenvalue weighted by atomic mass is 16.4. The van der Waals surface area contributed by atoms with E-state index in [0.29, 0.717) is 18.1 Å². The number of nitrogens with two attached hydrogens (primary N) is 1. The van der Waals surface area contributed by atoms with Crippen LogP contribution in [0, 0.1) is 0 Å². The molecule has 0 saturated carbocycles. The van der Waals surface area contributed by atoms with Crippen molar-refractivity contribution < 1.29 is 9.90 Å². The van der Waals surface area contributed by atoms with Crippen molar-refractivity contribution in [1.82, 2.24) is 16.1 Å². The molecule has 1 heterocycles. The summed E-state index contributed by atoms with van der Waals surface area (Å²) in [5.74, 6) is 5.15. The second-order valence-electron chi connectivity index (χ2n) is 3.45. The number of aliphatic imine (C=N–C) groups is 1. The topological polar surface area (TPSA) is 103 Å². The van der Waals surface area contributed by atoms with Crippen LogP contribution in [0.5, 0.6) is 0 Å². The van der Waals surface area contributed by atoms with Crippen LogP contribution in [0.4, 0.5) is 0 Å². The van der Waals surface area contributed by atoms with Crippen molar-refractivity contribution in [1.29, 1.82) is 0 Å². The van der Waals surface area contributed by atoms with Gasteiger partial charge in [0.1, 0.15) is 5.84 Å². The normalized spacial score (nSPS) is 18.9. The van der Waals surface area contributed by atoms with E-state index >= 15 is 0 Å². The highest BCUT2D eigenvalue weighted by Gasteiger charge is 2.13. The lowest BCUT2D eigenvalue weighted by Gasteiger charge is -2.26. The maximum atomic E-state index is 10.5. The molecule has 5 N–H and O–H groups in total. The Kier molecular flexibility index (Phi) is 4.74. The van der Waals surface area contributed by atoms with Gasteiger partial charge < -0.3 is 5.11 Å². The van der Waals surface area contributed by atoms with Gasteiger partial charge in [-0.25, -0.2) is 5.84 Å². The molecular weight excluding hydrogens is 210 g/mol. The van der Waals surface area contributed by atoms with Crippen molar-refractivity contribution in [2.45, 2.75) is 26.2 Å². The third-order valence-corrected chi connectivity index (χ3v) is 1.95. The molecule has 0 amide bonds. The van der Waals surface area contributed by atoms with Gasteiger partial charge in [-0.05, 0) is 6.42 Å². The summed E-state index contributed by atoms with van der Waals surface area (Å²) >= 11 is 0. The molecule has 1 aliphatic rings. The lowest BCUT2D eigenvalue weighted by molar-refractivity contribution is -0.136. The van der Waals surface area contributed by atoms with Crippen molar-refractivity contribution in [3.05, 3.63) is 11.8 Å². The molecular formula is C9H17N5O2. The number of nitrogens with one attached hydrogen (secondary N) is 2. The van der Waals surface area contributed by atoms with Gasteiger partial charge in [-0.3, -0.25) is 20.6 Å². The number of carboxylic acids is 1. The quantitative estimate of drug-likeness (QED) is 0.381. The van der Waals surface area contributed by atoms with Gasteiger partial charge >= 0.3 is 5.97 Å². The molecule has 0 radical (unpaired) electrons. The van der Waals surface area contributed by atoms with Gasteiger partial charge in [-0.1, -0.05) is 18.6 Å². The summed E-state index contributed by atoms with van der Waals surface area (Å²) in [4.78, 5) is 14.8. The summed E-state index contributed by atoms with van der Waals surface area (Å²) in [6.07, 6.45) is 3.59. The summed E-state index contributed by atoms with van der Waals surface area (Å²) in [6, 6.07) is 0. The molecule has 16 heavy (non-hydrogen) atoms. The third kappa shape index (κ3) is 4.28. The first kappa shape index (κ1) is 12.5. The molecule has 0 saturated heterocycles. The Morgan fingerprint density at radius 2 is 2.38 bits per heavy atom. The first-order valence-electron chi connectivity index (χ1n) is 5.16. The minimum atomic E-state index is -0.915. The average Bonchev–Trinajstić information content (AvgIpc) is 2.16. The first-order valence-corrected chi connectivity index (χ1v) is 5.16. The van der Waals surface area contributed by atoms with Crippen LogP contribution in [-0.4, -0.2) is 28.7 Å². The molecule has 0 unspecified atom stereocenters. The van der Waals surface area contributed by atoms with Gasteiger partial charge in [-0.2, -0.15) is 0 Å². The second kappa shape index (κ2) is 6.09. The van der Waals surface area contributed by atoms with E-state index < -0.39 is 5.97 Å². The smallest absolute Gasteiger partial charge is 0.309 e. The molecule has 0 aromatic rings. The van der Waals surface area contributed by atoms with Gasteiger partial charge in [0.05, 0.1) is 6.42 Å². The zero-order valence-corrected chi connectivity index (χ0v) is 9.23. The fourth-order valence-corrected chi connectivity index (χ4v) is 1.23. The molecule has 0 bridgehead atoms. The van der Waals surface area contributed by atoms with E-state index in [4.69, 9.17) is 10.9 Å². The molecule has 7 nitrogen and oxygen atoms in total. The highest BCUT2D eigenvalue weighted by Crippen LogP contribution is 2.02. The van der Waals surface area contributed by atoms with Crippen LogP contribution in [0.2, 0.25) is 0 Å². The molecule has 7 heteroatoms. The number of hydrazine groups is 3. The lowest BCUT2D eigenvalue weighted by Crippen LogP contribution is -2.57. The number of carbonyl (C=O) groups is 1. The third-order valence-electron chi connectivity index (χ3n) is 1.95. The Bertz CT molecular complexity index is 313. The van der Waals surface area contributed by atoms with Crippen LogP contribution in [-0.2, 0) is 4.79 Å². The van der Waals surface area contributed by atoms with Gasteiger partial charge in [0.2, 0.25) is 0 Å². The fourth-order valence-electron chi connectivity index (χ4n) is 1.23. The molecule has 0 fully saturated rings. The van der Waals surface area contributed by atoms with Crippen LogP contribution in [0.3, 0.4) is 0 Å². The fraction of sp³-hybridized carbons (Fsp3) is 0.556. The molecule has 0 aliphatic carbocycles. The molecule has 0 atom stereocenters. The Balaban J connectivity index is 2.63. The Morgan fingerprint density at radius 3 is 3.00 bits per heavy atom. The molecule has 1 aliphatic heterocycles. The summed E-state index contributed by atoms with van der Waals surface area (Å²) < 4.78 is 0. The predicted octanol–water partition coefficient (Wildman–Crippen LogP) is -0.258. The van der Waals surface area contributed by atoms with E-state index in [9.17, 15) is 4.79 Å². The zero-order valence-electron chi connectivity index (χ0n) is 9.23. The molecule has 1 rings (SSSR count). The number of nitrogens with zero attached hydrogens (tertiary/aromatic N) is 2. The van der Waals surface area contributed by atoms with Crippen LogP contribution < -0.4 is 16.7 Å². The van der Waals surface area contributed by atoms with Gasteiger partial charge in [-0.15, -0.1) is 0 Å². The Morgan fingerprint density at radius 1 is 1.62 bits per heavy atom. The number of rotatable bonds is 5. The van der Waals surface area contributed by atoms with E-state index in [2.05, 4.69) is 22.8 Å².